The van der Waals surface area contributed by atoms with Gasteiger partial charge in [0.1, 0.15) is 30.0 Å². The van der Waals surface area contributed by atoms with Crippen LogP contribution in [0.4, 0.5) is 4.79 Å². The van der Waals surface area contributed by atoms with E-state index in [2.05, 4.69) is 12.2 Å². The summed E-state index contributed by atoms with van der Waals surface area (Å²) in [5, 5.41) is 14.0. The Hall–Kier alpha value is -3.36. The summed E-state index contributed by atoms with van der Waals surface area (Å²) in [5.74, 6) is -0.0276. The minimum Gasteiger partial charge on any atom is -0.487 e. The highest BCUT2D eigenvalue weighted by atomic mass is 16.6. The number of carbonyl (C=O) groups excluding carboxylic acids is 2. The Morgan fingerprint density at radius 1 is 1.00 bits per heavy atom. The second-order valence-electron chi connectivity index (χ2n) is 12.9. The number of ether oxygens (including phenoxy) is 2. The molecule has 1 unspecified atom stereocenters. The number of aromatic nitrogens is 1. The number of fused-ring (bicyclic) bond motifs is 5. The molecular weight excluding hydrogens is 534 g/mol. The maximum absolute atomic E-state index is 14.1. The van der Waals surface area contributed by atoms with Crippen molar-refractivity contribution in [3.8, 4) is 5.75 Å². The number of aryl methyl sites for hydroxylation is 1. The molecule has 2 aliphatic carbocycles. The van der Waals surface area contributed by atoms with Crippen molar-refractivity contribution < 1.29 is 29.0 Å². The average molecular weight is 578 g/mol. The number of aliphatic carboxylic acids is 1. The van der Waals surface area contributed by atoms with E-state index in [1.54, 1.807) is 0 Å². The van der Waals surface area contributed by atoms with E-state index in [9.17, 15) is 19.5 Å². The molecule has 0 radical (unpaired) electrons. The summed E-state index contributed by atoms with van der Waals surface area (Å²) in [6, 6.07) is 8.10. The number of rotatable bonds is 2. The van der Waals surface area contributed by atoms with Crippen LogP contribution in [0.1, 0.15) is 83.2 Å². The Morgan fingerprint density at radius 2 is 1.79 bits per heavy atom. The zero-order chi connectivity index (χ0) is 29.2. The van der Waals surface area contributed by atoms with Gasteiger partial charge < -0.3 is 24.8 Å². The van der Waals surface area contributed by atoms with Gasteiger partial charge >= 0.3 is 12.1 Å². The SMILES string of the molecule is CC1CC[C@H]2OC(=O)N[C@@H](C3CCCC3)C(=O)N3C[C@@H](C[C@H]3C(=O)O)Oc3cc4ccccc4nc3CCCCC[C@H]12. The van der Waals surface area contributed by atoms with Crippen LogP contribution in [-0.4, -0.2) is 63.8 Å². The fraction of sp³-hybridized carbons (Fsp3) is 0.636. The molecule has 0 spiro atoms. The number of hydrogen-bond acceptors (Lipinski definition) is 6. The molecule has 1 aromatic heterocycles. The number of carbonyl (C=O) groups is 3. The van der Waals surface area contributed by atoms with Crippen LogP contribution in [0.5, 0.6) is 5.75 Å². The summed E-state index contributed by atoms with van der Waals surface area (Å²) in [5.41, 5.74) is 1.78. The van der Waals surface area contributed by atoms with Gasteiger partial charge in [-0.05, 0) is 74.8 Å². The van der Waals surface area contributed by atoms with Gasteiger partial charge in [-0.25, -0.2) is 14.6 Å². The Morgan fingerprint density at radius 3 is 2.60 bits per heavy atom. The van der Waals surface area contributed by atoms with Crippen LogP contribution in [-0.2, 0) is 20.7 Å². The molecule has 4 aliphatic rings. The lowest BCUT2D eigenvalue weighted by Crippen LogP contribution is -2.55. The van der Waals surface area contributed by atoms with E-state index in [1.807, 2.05) is 30.3 Å². The third kappa shape index (κ3) is 6.06. The van der Waals surface area contributed by atoms with E-state index in [0.29, 0.717) is 17.6 Å². The molecular formula is C33H43N3O6. The smallest absolute Gasteiger partial charge is 0.408 e. The number of pyridine rings is 1. The molecule has 1 aromatic carbocycles. The quantitative estimate of drug-likeness (QED) is 0.485. The summed E-state index contributed by atoms with van der Waals surface area (Å²) in [6.07, 6.45) is 9.19. The van der Waals surface area contributed by atoms with Gasteiger partial charge in [0.15, 0.2) is 0 Å². The van der Waals surface area contributed by atoms with Gasteiger partial charge in [-0.2, -0.15) is 0 Å². The highest BCUT2D eigenvalue weighted by Gasteiger charge is 2.46. The van der Waals surface area contributed by atoms with Crippen molar-refractivity contribution in [3.05, 3.63) is 36.0 Å². The number of carboxylic acids is 1. The van der Waals surface area contributed by atoms with Crippen molar-refractivity contribution in [3.63, 3.8) is 0 Å². The van der Waals surface area contributed by atoms with Gasteiger partial charge in [0, 0.05) is 11.8 Å². The van der Waals surface area contributed by atoms with Crippen molar-refractivity contribution in [2.45, 2.75) is 108 Å². The predicted octanol–water partition coefficient (Wildman–Crippen LogP) is 5.48. The predicted molar refractivity (Wildman–Crippen MR) is 157 cm³/mol. The van der Waals surface area contributed by atoms with Gasteiger partial charge in [-0.3, -0.25) is 4.79 Å². The molecule has 6 rings (SSSR count). The second-order valence-corrected chi connectivity index (χ2v) is 12.9. The lowest BCUT2D eigenvalue weighted by atomic mass is 9.90. The lowest BCUT2D eigenvalue weighted by Gasteiger charge is -2.31. The summed E-state index contributed by atoms with van der Waals surface area (Å²) in [4.78, 5) is 46.1. The number of amides is 2. The molecule has 9 nitrogen and oxygen atoms in total. The van der Waals surface area contributed by atoms with Gasteiger partial charge in [0.2, 0.25) is 5.91 Å². The summed E-state index contributed by atoms with van der Waals surface area (Å²) < 4.78 is 12.5. The highest BCUT2D eigenvalue weighted by molar-refractivity contribution is 5.90. The van der Waals surface area contributed by atoms with Crippen LogP contribution in [0.15, 0.2) is 30.3 Å². The molecule has 2 bridgehead atoms. The van der Waals surface area contributed by atoms with Crippen LogP contribution in [0.3, 0.4) is 0 Å². The molecule has 1 saturated heterocycles. The zero-order valence-corrected chi connectivity index (χ0v) is 24.5. The number of hydrogen-bond donors (Lipinski definition) is 2. The van der Waals surface area contributed by atoms with Crippen LogP contribution in [0.2, 0.25) is 0 Å². The maximum atomic E-state index is 14.1. The molecule has 226 valence electrons. The Bertz CT molecular complexity index is 1310. The number of para-hydroxylation sites is 1. The Kier molecular flexibility index (Phi) is 8.54. The van der Waals surface area contributed by atoms with Crippen LogP contribution < -0.4 is 10.1 Å². The number of benzene rings is 1. The normalized spacial score (nSPS) is 31.4. The molecule has 3 fully saturated rings. The van der Waals surface area contributed by atoms with E-state index in [-0.39, 0.29) is 30.9 Å². The lowest BCUT2D eigenvalue weighted by molar-refractivity contribution is -0.149. The van der Waals surface area contributed by atoms with E-state index in [1.165, 1.54) is 4.90 Å². The Labute approximate surface area is 247 Å². The van der Waals surface area contributed by atoms with Crippen molar-refractivity contribution in [1.82, 2.24) is 15.2 Å². The molecule has 2 amide bonds. The van der Waals surface area contributed by atoms with Crippen molar-refractivity contribution in [2.75, 3.05) is 6.54 Å². The first-order chi connectivity index (χ1) is 20.4. The molecule has 2 saturated carbocycles. The third-order valence-corrected chi connectivity index (χ3v) is 10.1. The van der Waals surface area contributed by atoms with Crippen molar-refractivity contribution in [2.24, 2.45) is 17.8 Å². The molecule has 42 heavy (non-hydrogen) atoms. The zero-order valence-electron chi connectivity index (χ0n) is 24.5. The standard InChI is InChI=1S/C33H43N3O6/c1-20-15-16-28-24(20)12-3-2-4-14-26-29(17-22-11-7-8-13-25(22)34-26)41-23-18-27(32(38)39)36(19-23)31(37)30(35-33(40)42-28)21-9-5-6-10-21/h7-8,11,13,17,20-21,23-24,27-28,30H,2-6,9-10,12,14-16,18-19H2,1H3,(H,35,40)(H,38,39)/t20?,23-,24-,27+,28-,30+/m1/s1. The largest absolute Gasteiger partial charge is 0.487 e. The number of alkyl carbamates (subject to hydrolysis) is 1. The first kappa shape index (κ1) is 28.7. The van der Waals surface area contributed by atoms with Crippen LogP contribution in [0, 0.1) is 17.8 Å². The highest BCUT2D eigenvalue weighted by Crippen LogP contribution is 2.38. The van der Waals surface area contributed by atoms with Gasteiger partial charge in [0.25, 0.3) is 0 Å². The fourth-order valence-electron chi connectivity index (χ4n) is 7.79. The van der Waals surface area contributed by atoms with Crippen LogP contribution in [0.25, 0.3) is 10.9 Å². The number of nitrogens with one attached hydrogen (secondary N) is 1. The van der Waals surface area contributed by atoms with Gasteiger partial charge in [0.05, 0.1) is 17.8 Å². The van der Waals surface area contributed by atoms with E-state index >= 15 is 0 Å². The van der Waals surface area contributed by atoms with E-state index in [4.69, 9.17) is 14.5 Å². The summed E-state index contributed by atoms with van der Waals surface area (Å²) in [7, 11) is 0. The van der Waals surface area contributed by atoms with Crippen LogP contribution >= 0.6 is 0 Å². The first-order valence-electron chi connectivity index (χ1n) is 15.9. The molecule has 9 heteroatoms. The molecule has 2 aliphatic heterocycles. The van der Waals surface area contributed by atoms with E-state index < -0.39 is 30.3 Å². The van der Waals surface area contributed by atoms with E-state index in [0.717, 1.165) is 87.2 Å². The number of nitrogens with zero attached hydrogens (tertiary/aromatic N) is 2. The molecule has 3 heterocycles. The minimum atomic E-state index is -1.06. The maximum Gasteiger partial charge on any atom is 0.408 e. The summed E-state index contributed by atoms with van der Waals surface area (Å²) >= 11 is 0. The average Bonchev–Trinajstić information content (AvgIpc) is 3.72. The molecule has 2 aromatic rings. The fourth-order valence-corrected chi connectivity index (χ4v) is 7.79. The third-order valence-electron chi connectivity index (χ3n) is 10.1. The van der Waals surface area contributed by atoms with Gasteiger partial charge in [-0.1, -0.05) is 50.8 Å². The monoisotopic (exact) mass is 577 g/mol. The topological polar surface area (TPSA) is 118 Å². The minimum absolute atomic E-state index is 0.0420. The summed E-state index contributed by atoms with van der Waals surface area (Å²) in [6.45, 7) is 2.38. The van der Waals surface area contributed by atoms with Crippen molar-refractivity contribution >= 4 is 28.9 Å². The Balaban J connectivity index is 1.32. The number of carboxylic acid groups (broad SMARTS) is 1. The molecule has 6 atom stereocenters. The van der Waals surface area contributed by atoms with Gasteiger partial charge in [-0.15, -0.1) is 0 Å². The first-order valence-corrected chi connectivity index (χ1v) is 15.9. The van der Waals surface area contributed by atoms with Crippen molar-refractivity contribution in [1.29, 1.82) is 0 Å². The second kappa shape index (κ2) is 12.5. The molecule has 2 N–H and O–H groups in total.